The molecule has 0 bridgehead atoms. The SMILES string of the molecule is COCCOc1ccc(F)cc1N1CCNCC1. The molecule has 1 aliphatic heterocycles. The Morgan fingerprint density at radius 1 is 1.28 bits per heavy atom. The second-order valence-corrected chi connectivity index (χ2v) is 4.19. The monoisotopic (exact) mass is 254 g/mol. The minimum atomic E-state index is -0.234. The molecule has 1 aliphatic rings. The average Bonchev–Trinajstić information content (AvgIpc) is 2.41. The molecule has 0 aliphatic carbocycles. The fourth-order valence-electron chi connectivity index (χ4n) is 2.00. The molecule has 1 aromatic carbocycles. The number of nitrogens with zero attached hydrogens (tertiary/aromatic N) is 1. The molecule has 1 heterocycles. The highest BCUT2D eigenvalue weighted by molar-refractivity contribution is 5.59. The van der Waals surface area contributed by atoms with Crippen LogP contribution in [0.15, 0.2) is 18.2 Å². The summed E-state index contributed by atoms with van der Waals surface area (Å²) in [5, 5.41) is 3.27. The normalized spacial score (nSPS) is 15.8. The van der Waals surface area contributed by atoms with Gasteiger partial charge in [0.15, 0.2) is 0 Å². The van der Waals surface area contributed by atoms with E-state index < -0.39 is 0 Å². The topological polar surface area (TPSA) is 33.7 Å². The van der Waals surface area contributed by atoms with Crippen molar-refractivity contribution in [3.8, 4) is 5.75 Å². The maximum atomic E-state index is 13.4. The van der Waals surface area contributed by atoms with Gasteiger partial charge in [0.2, 0.25) is 0 Å². The molecule has 1 saturated heterocycles. The zero-order valence-corrected chi connectivity index (χ0v) is 10.6. The number of halogens is 1. The van der Waals surface area contributed by atoms with E-state index in [1.165, 1.54) is 12.1 Å². The first kappa shape index (κ1) is 13.1. The Bertz CT molecular complexity index is 381. The number of nitrogens with one attached hydrogen (secondary N) is 1. The number of methoxy groups -OCH3 is 1. The molecule has 5 heteroatoms. The zero-order valence-electron chi connectivity index (χ0n) is 10.6. The quantitative estimate of drug-likeness (QED) is 0.802. The number of piperazine rings is 1. The van der Waals surface area contributed by atoms with Crippen molar-refractivity contribution < 1.29 is 13.9 Å². The van der Waals surface area contributed by atoms with Crippen LogP contribution >= 0.6 is 0 Å². The zero-order chi connectivity index (χ0) is 12.8. The number of anilines is 1. The van der Waals surface area contributed by atoms with E-state index in [-0.39, 0.29) is 5.82 Å². The molecule has 2 rings (SSSR count). The molecule has 18 heavy (non-hydrogen) atoms. The first-order valence-corrected chi connectivity index (χ1v) is 6.18. The summed E-state index contributed by atoms with van der Waals surface area (Å²) >= 11 is 0. The molecule has 1 aromatic rings. The van der Waals surface area contributed by atoms with Gasteiger partial charge in [0.1, 0.15) is 18.2 Å². The molecule has 0 radical (unpaired) electrons. The molecular formula is C13H19FN2O2. The van der Waals surface area contributed by atoms with E-state index in [1.54, 1.807) is 13.2 Å². The van der Waals surface area contributed by atoms with Crippen LogP contribution < -0.4 is 15.0 Å². The van der Waals surface area contributed by atoms with Gasteiger partial charge in [-0.1, -0.05) is 0 Å². The van der Waals surface area contributed by atoms with Gasteiger partial charge in [-0.05, 0) is 12.1 Å². The summed E-state index contributed by atoms with van der Waals surface area (Å²) in [6.07, 6.45) is 0. The first-order valence-electron chi connectivity index (χ1n) is 6.18. The summed E-state index contributed by atoms with van der Waals surface area (Å²) in [7, 11) is 1.63. The first-order chi connectivity index (χ1) is 8.81. The summed E-state index contributed by atoms with van der Waals surface area (Å²) < 4.78 is 23.9. The van der Waals surface area contributed by atoms with Crippen molar-refractivity contribution in [2.45, 2.75) is 0 Å². The highest BCUT2D eigenvalue weighted by Gasteiger charge is 2.15. The maximum Gasteiger partial charge on any atom is 0.142 e. The van der Waals surface area contributed by atoms with E-state index in [4.69, 9.17) is 9.47 Å². The molecule has 0 aromatic heterocycles. The Morgan fingerprint density at radius 3 is 2.78 bits per heavy atom. The van der Waals surface area contributed by atoms with Gasteiger partial charge < -0.3 is 19.7 Å². The lowest BCUT2D eigenvalue weighted by atomic mass is 10.2. The van der Waals surface area contributed by atoms with Crippen LogP contribution in [-0.2, 0) is 4.74 Å². The van der Waals surface area contributed by atoms with Crippen LogP contribution in [0.2, 0.25) is 0 Å². The van der Waals surface area contributed by atoms with Crippen molar-refractivity contribution in [2.75, 3.05) is 51.4 Å². The predicted molar refractivity (Wildman–Crippen MR) is 68.9 cm³/mol. The minimum Gasteiger partial charge on any atom is -0.489 e. The second kappa shape index (κ2) is 6.56. The van der Waals surface area contributed by atoms with Crippen LogP contribution in [0.25, 0.3) is 0 Å². The summed E-state index contributed by atoms with van der Waals surface area (Å²) in [5.41, 5.74) is 0.826. The van der Waals surface area contributed by atoms with Crippen molar-refractivity contribution in [1.29, 1.82) is 0 Å². The van der Waals surface area contributed by atoms with Crippen LogP contribution in [0.5, 0.6) is 5.75 Å². The number of rotatable bonds is 5. The predicted octanol–water partition coefficient (Wildman–Crippen LogP) is 1.26. The number of hydrogen-bond acceptors (Lipinski definition) is 4. The van der Waals surface area contributed by atoms with Crippen molar-refractivity contribution >= 4 is 5.69 Å². The Labute approximate surface area is 107 Å². The van der Waals surface area contributed by atoms with Gasteiger partial charge in [-0.3, -0.25) is 0 Å². The van der Waals surface area contributed by atoms with Crippen molar-refractivity contribution in [1.82, 2.24) is 5.32 Å². The minimum absolute atomic E-state index is 0.234. The fourth-order valence-corrected chi connectivity index (χ4v) is 2.00. The number of benzene rings is 1. The molecule has 4 nitrogen and oxygen atoms in total. The third-order valence-electron chi connectivity index (χ3n) is 2.92. The summed E-state index contributed by atoms with van der Waals surface area (Å²) in [5.74, 6) is 0.484. The smallest absolute Gasteiger partial charge is 0.142 e. The number of hydrogen-bond donors (Lipinski definition) is 1. The van der Waals surface area contributed by atoms with E-state index in [0.717, 1.165) is 37.6 Å². The van der Waals surface area contributed by atoms with E-state index in [9.17, 15) is 4.39 Å². The molecule has 0 amide bonds. The van der Waals surface area contributed by atoms with Gasteiger partial charge in [0.05, 0.1) is 12.3 Å². The summed E-state index contributed by atoms with van der Waals surface area (Å²) in [6, 6.07) is 4.64. The van der Waals surface area contributed by atoms with Crippen molar-refractivity contribution in [2.24, 2.45) is 0 Å². The van der Waals surface area contributed by atoms with Crippen LogP contribution in [0, 0.1) is 5.82 Å². The summed E-state index contributed by atoms with van der Waals surface area (Å²) in [4.78, 5) is 2.14. The largest absolute Gasteiger partial charge is 0.489 e. The van der Waals surface area contributed by atoms with E-state index in [1.807, 2.05) is 0 Å². The van der Waals surface area contributed by atoms with E-state index >= 15 is 0 Å². The lowest BCUT2D eigenvalue weighted by molar-refractivity contribution is 0.146. The molecule has 0 atom stereocenters. The standard InChI is InChI=1S/C13H19FN2O2/c1-17-8-9-18-13-3-2-11(14)10-12(13)16-6-4-15-5-7-16/h2-3,10,15H,4-9H2,1H3. The van der Waals surface area contributed by atoms with Gasteiger partial charge in [-0.15, -0.1) is 0 Å². The van der Waals surface area contributed by atoms with Crippen molar-refractivity contribution in [3.05, 3.63) is 24.0 Å². The van der Waals surface area contributed by atoms with Gasteiger partial charge in [-0.2, -0.15) is 0 Å². The Hall–Kier alpha value is -1.33. The molecule has 0 spiro atoms. The third kappa shape index (κ3) is 3.34. The molecule has 1 N–H and O–H groups in total. The van der Waals surface area contributed by atoms with Crippen molar-refractivity contribution in [3.63, 3.8) is 0 Å². The summed E-state index contributed by atoms with van der Waals surface area (Å²) in [6.45, 7) is 4.55. The van der Waals surface area contributed by atoms with Crippen LogP contribution in [0.1, 0.15) is 0 Å². The number of ether oxygens (including phenoxy) is 2. The van der Waals surface area contributed by atoms with Gasteiger partial charge in [0.25, 0.3) is 0 Å². The van der Waals surface area contributed by atoms with E-state index in [0.29, 0.717) is 13.2 Å². The van der Waals surface area contributed by atoms with E-state index in [2.05, 4.69) is 10.2 Å². The highest BCUT2D eigenvalue weighted by atomic mass is 19.1. The molecule has 0 unspecified atom stereocenters. The van der Waals surface area contributed by atoms with Crippen LogP contribution in [0.3, 0.4) is 0 Å². The molecular weight excluding hydrogens is 235 g/mol. The average molecular weight is 254 g/mol. The van der Waals surface area contributed by atoms with Gasteiger partial charge >= 0.3 is 0 Å². The second-order valence-electron chi connectivity index (χ2n) is 4.19. The molecule has 100 valence electrons. The van der Waals surface area contributed by atoms with Gasteiger partial charge in [-0.25, -0.2) is 4.39 Å². The van der Waals surface area contributed by atoms with Gasteiger partial charge in [0, 0.05) is 39.4 Å². The Balaban J connectivity index is 2.11. The fraction of sp³-hybridized carbons (Fsp3) is 0.538. The maximum absolute atomic E-state index is 13.4. The highest BCUT2D eigenvalue weighted by Crippen LogP contribution is 2.29. The molecule has 0 saturated carbocycles. The lowest BCUT2D eigenvalue weighted by Crippen LogP contribution is -2.43. The lowest BCUT2D eigenvalue weighted by Gasteiger charge is -2.30. The third-order valence-corrected chi connectivity index (χ3v) is 2.92. The Kier molecular flexibility index (Phi) is 4.78. The van der Waals surface area contributed by atoms with Crippen LogP contribution in [-0.4, -0.2) is 46.5 Å². The Morgan fingerprint density at radius 2 is 2.06 bits per heavy atom. The molecule has 1 fully saturated rings. The van der Waals surface area contributed by atoms with Crippen LogP contribution in [0.4, 0.5) is 10.1 Å².